The van der Waals surface area contributed by atoms with Gasteiger partial charge in [0.05, 0.1) is 12.2 Å². The average molecular weight is 240 g/mol. The summed E-state index contributed by atoms with van der Waals surface area (Å²) in [6.45, 7) is 11.9. The lowest BCUT2D eigenvalue weighted by molar-refractivity contribution is 0.0526. The van der Waals surface area contributed by atoms with E-state index in [0.717, 1.165) is 5.56 Å². The molecular weight excluding hydrogens is 216 g/mol. The summed E-state index contributed by atoms with van der Waals surface area (Å²) in [5.41, 5.74) is 6.72. The van der Waals surface area contributed by atoms with Crippen molar-refractivity contribution in [3.63, 3.8) is 0 Å². The minimum atomic E-state index is -0.363. The van der Waals surface area contributed by atoms with Crippen LogP contribution in [0.5, 0.6) is 0 Å². The summed E-state index contributed by atoms with van der Waals surface area (Å²) >= 11 is 0. The van der Waals surface area contributed by atoms with E-state index < -0.39 is 0 Å². The molecule has 2 N–H and O–H groups in total. The third-order valence-electron chi connectivity index (χ3n) is 1.63. The number of nitrogens with two attached hydrogens (primary N) is 1. The minimum absolute atomic E-state index is 0.363. The van der Waals surface area contributed by atoms with Gasteiger partial charge in [0, 0.05) is 6.20 Å². The van der Waals surface area contributed by atoms with Crippen molar-refractivity contribution in [2.45, 2.75) is 41.5 Å². The number of aromatic nitrogens is 1. The van der Waals surface area contributed by atoms with Crippen LogP contribution in [0.2, 0.25) is 0 Å². The Balaban J connectivity index is 0. The van der Waals surface area contributed by atoms with E-state index in [2.05, 4.69) is 4.98 Å². The fraction of sp³-hybridized carbons (Fsp3) is 0.538. The first-order valence-corrected chi connectivity index (χ1v) is 6.04. The van der Waals surface area contributed by atoms with E-state index in [1.807, 2.05) is 27.7 Å². The van der Waals surface area contributed by atoms with Crippen LogP contribution in [0.4, 0.5) is 5.82 Å². The van der Waals surface area contributed by atoms with Crippen LogP contribution in [0.1, 0.15) is 50.5 Å². The highest BCUT2D eigenvalue weighted by molar-refractivity contribution is 5.89. The van der Waals surface area contributed by atoms with Gasteiger partial charge in [0.15, 0.2) is 0 Å². The predicted molar refractivity (Wildman–Crippen MR) is 72.0 cm³/mol. The number of esters is 1. The third-order valence-corrected chi connectivity index (χ3v) is 1.63. The van der Waals surface area contributed by atoms with Crippen molar-refractivity contribution in [3.8, 4) is 0 Å². The molecule has 0 bridgehead atoms. The lowest BCUT2D eigenvalue weighted by Crippen LogP contribution is -2.06. The zero-order valence-electron chi connectivity index (χ0n) is 11.7. The lowest BCUT2D eigenvalue weighted by atomic mass is 10.2. The zero-order chi connectivity index (χ0) is 13.8. The SMILES string of the molecule is CC.CC.CCOC(=O)c1cnc(N)c(C)c1. The van der Waals surface area contributed by atoms with Crippen LogP contribution in [0.15, 0.2) is 12.3 Å². The molecule has 1 heterocycles. The number of hydrogen-bond donors (Lipinski definition) is 1. The summed E-state index contributed by atoms with van der Waals surface area (Å²) in [5.74, 6) is 0.0751. The van der Waals surface area contributed by atoms with Gasteiger partial charge in [-0.2, -0.15) is 0 Å². The van der Waals surface area contributed by atoms with Crippen molar-refractivity contribution < 1.29 is 9.53 Å². The second kappa shape index (κ2) is 10.9. The Morgan fingerprint density at radius 3 is 2.29 bits per heavy atom. The van der Waals surface area contributed by atoms with Crippen molar-refractivity contribution in [3.05, 3.63) is 23.4 Å². The molecule has 4 heteroatoms. The van der Waals surface area contributed by atoms with E-state index in [0.29, 0.717) is 18.0 Å². The quantitative estimate of drug-likeness (QED) is 0.806. The number of nitrogen functional groups attached to an aromatic ring is 1. The number of anilines is 1. The molecule has 0 saturated heterocycles. The molecule has 0 atom stereocenters. The summed E-state index contributed by atoms with van der Waals surface area (Å²) in [5, 5.41) is 0. The highest BCUT2D eigenvalue weighted by atomic mass is 16.5. The molecule has 98 valence electrons. The van der Waals surface area contributed by atoms with E-state index >= 15 is 0 Å². The topological polar surface area (TPSA) is 65.2 Å². The Bertz CT molecular complexity index is 325. The molecule has 0 unspecified atom stereocenters. The number of hydrogen-bond acceptors (Lipinski definition) is 4. The molecule has 0 aromatic carbocycles. The fourth-order valence-corrected chi connectivity index (χ4v) is 0.911. The molecule has 0 saturated carbocycles. The van der Waals surface area contributed by atoms with Crippen LogP contribution >= 0.6 is 0 Å². The maximum absolute atomic E-state index is 11.2. The Morgan fingerprint density at radius 1 is 1.35 bits per heavy atom. The van der Waals surface area contributed by atoms with Crippen molar-refractivity contribution in [2.75, 3.05) is 12.3 Å². The number of carbonyl (C=O) groups is 1. The first-order chi connectivity index (χ1) is 8.15. The van der Waals surface area contributed by atoms with Gasteiger partial charge in [-0.3, -0.25) is 0 Å². The number of carbonyl (C=O) groups excluding carboxylic acids is 1. The summed E-state index contributed by atoms with van der Waals surface area (Å²) < 4.78 is 4.80. The third kappa shape index (κ3) is 6.56. The normalized spacial score (nSPS) is 8.12. The first kappa shape index (κ1) is 17.8. The minimum Gasteiger partial charge on any atom is -0.462 e. The molecule has 0 aliphatic carbocycles. The molecule has 17 heavy (non-hydrogen) atoms. The van der Waals surface area contributed by atoms with Crippen LogP contribution in [-0.2, 0) is 4.74 Å². The molecular formula is C13H24N2O2. The average Bonchev–Trinajstić information content (AvgIpc) is 2.38. The zero-order valence-corrected chi connectivity index (χ0v) is 11.7. The van der Waals surface area contributed by atoms with E-state index in [-0.39, 0.29) is 5.97 Å². The molecule has 1 rings (SSSR count). The van der Waals surface area contributed by atoms with Crippen LogP contribution < -0.4 is 5.73 Å². The summed E-state index contributed by atoms with van der Waals surface area (Å²) in [7, 11) is 0. The van der Waals surface area contributed by atoms with Gasteiger partial charge in [-0.05, 0) is 25.5 Å². The van der Waals surface area contributed by atoms with Crippen molar-refractivity contribution in [1.82, 2.24) is 4.98 Å². The molecule has 0 aliphatic rings. The van der Waals surface area contributed by atoms with Crippen molar-refractivity contribution in [2.24, 2.45) is 0 Å². The molecule has 1 aromatic rings. The predicted octanol–water partition coefficient (Wildman–Crippen LogP) is 3.20. The van der Waals surface area contributed by atoms with E-state index in [1.54, 1.807) is 19.9 Å². The van der Waals surface area contributed by atoms with E-state index in [4.69, 9.17) is 10.5 Å². The van der Waals surface area contributed by atoms with Crippen LogP contribution in [0, 0.1) is 6.92 Å². The maximum atomic E-state index is 11.2. The van der Waals surface area contributed by atoms with Gasteiger partial charge in [-0.1, -0.05) is 27.7 Å². The number of aryl methyl sites for hydroxylation is 1. The van der Waals surface area contributed by atoms with E-state index in [1.165, 1.54) is 6.20 Å². The standard InChI is InChI=1S/C9H12N2O2.2C2H6/c1-3-13-9(12)7-4-6(2)8(10)11-5-7;2*1-2/h4-5H,3H2,1-2H3,(H2,10,11);2*1-2H3. The van der Waals surface area contributed by atoms with Gasteiger partial charge in [-0.25, -0.2) is 9.78 Å². The van der Waals surface area contributed by atoms with Gasteiger partial charge < -0.3 is 10.5 Å². The van der Waals surface area contributed by atoms with Crippen LogP contribution in [0.25, 0.3) is 0 Å². The molecule has 0 fully saturated rings. The van der Waals surface area contributed by atoms with E-state index in [9.17, 15) is 4.79 Å². The maximum Gasteiger partial charge on any atom is 0.339 e. The molecule has 0 amide bonds. The summed E-state index contributed by atoms with van der Waals surface area (Å²) in [4.78, 5) is 15.1. The molecule has 0 spiro atoms. The van der Waals surface area contributed by atoms with Crippen LogP contribution in [-0.4, -0.2) is 17.6 Å². The Kier molecular flexibility index (Phi) is 11.4. The van der Waals surface area contributed by atoms with Crippen molar-refractivity contribution in [1.29, 1.82) is 0 Å². The highest BCUT2D eigenvalue weighted by Crippen LogP contribution is 2.09. The monoisotopic (exact) mass is 240 g/mol. The second-order valence-electron chi connectivity index (χ2n) is 2.65. The summed E-state index contributed by atoms with van der Waals surface area (Å²) in [6, 6.07) is 1.67. The first-order valence-electron chi connectivity index (χ1n) is 6.04. The number of nitrogens with zero attached hydrogens (tertiary/aromatic N) is 1. The molecule has 0 aliphatic heterocycles. The second-order valence-corrected chi connectivity index (χ2v) is 2.65. The van der Waals surface area contributed by atoms with Crippen LogP contribution in [0.3, 0.4) is 0 Å². The smallest absolute Gasteiger partial charge is 0.339 e. The number of ether oxygens (including phenoxy) is 1. The Hall–Kier alpha value is -1.58. The fourth-order valence-electron chi connectivity index (χ4n) is 0.911. The Labute approximate surface area is 104 Å². The van der Waals surface area contributed by atoms with Gasteiger partial charge in [0.1, 0.15) is 5.82 Å². The molecule has 1 aromatic heterocycles. The lowest BCUT2D eigenvalue weighted by Gasteiger charge is -2.03. The highest BCUT2D eigenvalue weighted by Gasteiger charge is 2.07. The largest absolute Gasteiger partial charge is 0.462 e. The van der Waals surface area contributed by atoms with Gasteiger partial charge >= 0.3 is 5.97 Å². The Morgan fingerprint density at radius 2 is 1.88 bits per heavy atom. The number of rotatable bonds is 2. The summed E-state index contributed by atoms with van der Waals surface area (Å²) in [6.07, 6.45) is 1.42. The molecule has 4 nitrogen and oxygen atoms in total. The van der Waals surface area contributed by atoms with Gasteiger partial charge in [-0.15, -0.1) is 0 Å². The molecule has 0 radical (unpaired) electrons. The van der Waals surface area contributed by atoms with Gasteiger partial charge in [0.25, 0.3) is 0 Å². The van der Waals surface area contributed by atoms with Gasteiger partial charge in [0.2, 0.25) is 0 Å². The van der Waals surface area contributed by atoms with Crippen molar-refractivity contribution >= 4 is 11.8 Å². The number of pyridine rings is 1.